The van der Waals surface area contributed by atoms with E-state index in [9.17, 15) is 4.79 Å². The molecule has 2 rings (SSSR count). The number of thiophene rings is 1. The second-order valence-electron chi connectivity index (χ2n) is 5.25. The standard InChI is InChI=1S/C15H23NOS/c1-2-12-5-7-13(8-6-12)15(17)16-10-9-14-4-3-11-18-14/h3-4,11-13H,2,5-10H2,1H3,(H,16,17). The molecule has 0 atom stereocenters. The predicted molar refractivity (Wildman–Crippen MR) is 76.8 cm³/mol. The summed E-state index contributed by atoms with van der Waals surface area (Å²) < 4.78 is 0. The fraction of sp³-hybridized carbons (Fsp3) is 0.667. The molecule has 0 unspecified atom stereocenters. The van der Waals surface area contributed by atoms with Gasteiger partial charge in [-0.3, -0.25) is 4.79 Å². The molecule has 18 heavy (non-hydrogen) atoms. The molecule has 0 bridgehead atoms. The van der Waals surface area contributed by atoms with Crippen molar-refractivity contribution >= 4 is 17.2 Å². The molecular formula is C15H23NOS. The molecule has 1 aromatic rings. The summed E-state index contributed by atoms with van der Waals surface area (Å²) in [4.78, 5) is 13.4. The average molecular weight is 265 g/mol. The maximum absolute atomic E-state index is 12.0. The summed E-state index contributed by atoms with van der Waals surface area (Å²) in [7, 11) is 0. The quantitative estimate of drug-likeness (QED) is 0.865. The Morgan fingerprint density at radius 3 is 2.78 bits per heavy atom. The Hall–Kier alpha value is -0.830. The second kappa shape index (κ2) is 6.93. The summed E-state index contributed by atoms with van der Waals surface area (Å²) in [6, 6.07) is 4.19. The lowest BCUT2D eigenvalue weighted by Crippen LogP contribution is -2.34. The van der Waals surface area contributed by atoms with Crippen molar-refractivity contribution in [2.75, 3.05) is 6.54 Å². The van der Waals surface area contributed by atoms with E-state index in [1.54, 1.807) is 11.3 Å². The van der Waals surface area contributed by atoms with E-state index in [1.165, 1.54) is 24.1 Å². The average Bonchev–Trinajstić information content (AvgIpc) is 2.92. The van der Waals surface area contributed by atoms with Crippen molar-refractivity contribution in [3.8, 4) is 0 Å². The van der Waals surface area contributed by atoms with Crippen LogP contribution in [0, 0.1) is 11.8 Å². The van der Waals surface area contributed by atoms with E-state index in [0.717, 1.165) is 31.7 Å². The zero-order chi connectivity index (χ0) is 12.8. The van der Waals surface area contributed by atoms with Crippen LogP contribution in [0.4, 0.5) is 0 Å². The summed E-state index contributed by atoms with van der Waals surface area (Å²) in [5.74, 6) is 1.41. The molecule has 1 aliphatic rings. The van der Waals surface area contributed by atoms with Crippen molar-refractivity contribution in [2.24, 2.45) is 11.8 Å². The Balaban J connectivity index is 1.66. The molecular weight excluding hydrogens is 242 g/mol. The molecule has 0 saturated heterocycles. The highest BCUT2D eigenvalue weighted by Gasteiger charge is 2.24. The number of amides is 1. The van der Waals surface area contributed by atoms with Gasteiger partial charge in [-0.1, -0.05) is 19.4 Å². The summed E-state index contributed by atoms with van der Waals surface area (Å²) >= 11 is 1.76. The number of nitrogens with one attached hydrogen (secondary N) is 1. The first-order chi connectivity index (χ1) is 8.79. The van der Waals surface area contributed by atoms with Crippen LogP contribution in [0.15, 0.2) is 17.5 Å². The van der Waals surface area contributed by atoms with Crippen LogP contribution in [-0.2, 0) is 11.2 Å². The summed E-state index contributed by atoms with van der Waals surface area (Å²) in [5.41, 5.74) is 0. The van der Waals surface area contributed by atoms with Gasteiger partial charge in [0.25, 0.3) is 0 Å². The fourth-order valence-corrected chi connectivity index (χ4v) is 3.45. The largest absolute Gasteiger partial charge is 0.356 e. The van der Waals surface area contributed by atoms with Crippen molar-refractivity contribution in [3.05, 3.63) is 22.4 Å². The van der Waals surface area contributed by atoms with Gasteiger partial charge in [0.15, 0.2) is 0 Å². The van der Waals surface area contributed by atoms with Crippen LogP contribution in [0.1, 0.15) is 43.9 Å². The SMILES string of the molecule is CCC1CCC(C(=O)NCCc2cccs2)CC1. The van der Waals surface area contributed by atoms with Crippen LogP contribution in [0.5, 0.6) is 0 Å². The molecule has 100 valence electrons. The summed E-state index contributed by atoms with van der Waals surface area (Å²) in [6.45, 7) is 3.04. The first-order valence-corrected chi connectivity index (χ1v) is 7.97. The molecule has 1 saturated carbocycles. The molecule has 0 aromatic carbocycles. The van der Waals surface area contributed by atoms with E-state index in [0.29, 0.717) is 0 Å². The molecule has 3 heteroatoms. The lowest BCUT2D eigenvalue weighted by atomic mass is 9.80. The van der Waals surface area contributed by atoms with E-state index in [2.05, 4.69) is 29.8 Å². The van der Waals surface area contributed by atoms with Crippen LogP contribution in [-0.4, -0.2) is 12.5 Å². The van der Waals surface area contributed by atoms with Crippen LogP contribution in [0.3, 0.4) is 0 Å². The zero-order valence-electron chi connectivity index (χ0n) is 11.2. The van der Waals surface area contributed by atoms with Gasteiger partial charge in [-0.05, 0) is 49.5 Å². The zero-order valence-corrected chi connectivity index (χ0v) is 12.0. The molecule has 1 fully saturated rings. The van der Waals surface area contributed by atoms with Crippen molar-refractivity contribution < 1.29 is 4.79 Å². The normalized spacial score (nSPS) is 23.8. The van der Waals surface area contributed by atoms with Gasteiger partial charge >= 0.3 is 0 Å². The minimum absolute atomic E-state index is 0.274. The summed E-state index contributed by atoms with van der Waals surface area (Å²) in [5, 5.41) is 5.18. The number of hydrogen-bond donors (Lipinski definition) is 1. The van der Waals surface area contributed by atoms with Gasteiger partial charge in [-0.15, -0.1) is 11.3 Å². The first kappa shape index (κ1) is 13.6. The maximum atomic E-state index is 12.0. The summed E-state index contributed by atoms with van der Waals surface area (Å²) in [6.07, 6.45) is 6.88. The highest BCUT2D eigenvalue weighted by atomic mass is 32.1. The Bertz CT molecular complexity index is 353. The van der Waals surface area contributed by atoms with Gasteiger partial charge in [0.1, 0.15) is 0 Å². The van der Waals surface area contributed by atoms with E-state index in [1.807, 2.05) is 0 Å². The molecule has 1 heterocycles. The smallest absolute Gasteiger partial charge is 0.223 e. The predicted octanol–water partition coefficient (Wildman–Crippen LogP) is 3.62. The highest BCUT2D eigenvalue weighted by Crippen LogP contribution is 2.30. The van der Waals surface area contributed by atoms with E-state index in [4.69, 9.17) is 0 Å². The van der Waals surface area contributed by atoms with Gasteiger partial charge in [0, 0.05) is 17.3 Å². The van der Waals surface area contributed by atoms with Crippen molar-refractivity contribution in [1.82, 2.24) is 5.32 Å². The Kier molecular flexibility index (Phi) is 5.24. The number of carbonyl (C=O) groups excluding carboxylic acids is 1. The van der Waals surface area contributed by atoms with E-state index >= 15 is 0 Å². The van der Waals surface area contributed by atoms with Crippen molar-refractivity contribution in [1.29, 1.82) is 0 Å². The number of rotatable bonds is 5. The molecule has 2 nitrogen and oxygen atoms in total. The van der Waals surface area contributed by atoms with E-state index < -0.39 is 0 Å². The maximum Gasteiger partial charge on any atom is 0.223 e. The molecule has 0 aliphatic heterocycles. The number of carbonyl (C=O) groups is 1. The minimum Gasteiger partial charge on any atom is -0.356 e. The van der Waals surface area contributed by atoms with Gasteiger partial charge in [0.05, 0.1) is 0 Å². The van der Waals surface area contributed by atoms with Crippen molar-refractivity contribution in [3.63, 3.8) is 0 Å². The van der Waals surface area contributed by atoms with Gasteiger partial charge in [-0.2, -0.15) is 0 Å². The van der Waals surface area contributed by atoms with Crippen molar-refractivity contribution in [2.45, 2.75) is 45.4 Å². The van der Waals surface area contributed by atoms with Gasteiger partial charge in [0.2, 0.25) is 5.91 Å². The first-order valence-electron chi connectivity index (χ1n) is 7.09. The highest BCUT2D eigenvalue weighted by molar-refractivity contribution is 7.09. The van der Waals surface area contributed by atoms with Gasteiger partial charge < -0.3 is 5.32 Å². The molecule has 1 aliphatic carbocycles. The fourth-order valence-electron chi connectivity index (χ4n) is 2.74. The van der Waals surface area contributed by atoms with Gasteiger partial charge in [-0.25, -0.2) is 0 Å². The third-order valence-corrected chi connectivity index (χ3v) is 4.98. The third kappa shape index (κ3) is 3.84. The van der Waals surface area contributed by atoms with E-state index in [-0.39, 0.29) is 11.8 Å². The third-order valence-electron chi connectivity index (χ3n) is 4.05. The molecule has 1 N–H and O–H groups in total. The van der Waals surface area contributed by atoms with Crippen LogP contribution in [0.2, 0.25) is 0 Å². The monoisotopic (exact) mass is 265 g/mol. The molecule has 1 amide bonds. The Morgan fingerprint density at radius 1 is 1.39 bits per heavy atom. The van der Waals surface area contributed by atoms with Crippen LogP contribution < -0.4 is 5.32 Å². The Labute approximate surface area is 114 Å². The minimum atomic E-state index is 0.274. The molecule has 0 radical (unpaired) electrons. The molecule has 0 spiro atoms. The Morgan fingerprint density at radius 2 is 2.17 bits per heavy atom. The topological polar surface area (TPSA) is 29.1 Å². The van der Waals surface area contributed by atoms with Crippen LogP contribution >= 0.6 is 11.3 Å². The lowest BCUT2D eigenvalue weighted by Gasteiger charge is -2.26. The number of hydrogen-bond acceptors (Lipinski definition) is 2. The molecule has 1 aromatic heterocycles. The van der Waals surface area contributed by atoms with Crippen LogP contribution in [0.25, 0.3) is 0 Å². The second-order valence-corrected chi connectivity index (χ2v) is 6.28. The lowest BCUT2D eigenvalue weighted by molar-refractivity contribution is -0.126.